The summed E-state index contributed by atoms with van der Waals surface area (Å²) in [6.07, 6.45) is 0.867. The van der Waals surface area contributed by atoms with Crippen LogP contribution in [0.25, 0.3) is 0 Å². The number of ether oxygens (including phenoxy) is 1. The maximum Gasteiger partial charge on any atom is 0.305 e. The molecule has 0 saturated carbocycles. The van der Waals surface area contributed by atoms with Crippen LogP contribution in [0.4, 0.5) is 5.13 Å². The minimum Gasteiger partial charge on any atom is -0.469 e. The van der Waals surface area contributed by atoms with E-state index in [-0.39, 0.29) is 17.6 Å². The van der Waals surface area contributed by atoms with Crippen LogP contribution in [-0.4, -0.2) is 41.5 Å². The molecule has 1 rings (SSSR count). The van der Waals surface area contributed by atoms with Crippen LogP contribution < -0.4 is 11.1 Å². The average Bonchev–Trinajstić information content (AvgIpc) is 2.77. The molecule has 1 aromatic heterocycles. The zero-order valence-electron chi connectivity index (χ0n) is 9.84. The Balaban J connectivity index is 2.09. The third-order valence-corrected chi connectivity index (χ3v) is 3.74. The number of carbonyl (C=O) groups is 2. The van der Waals surface area contributed by atoms with Crippen LogP contribution in [0.2, 0.25) is 0 Å². The Morgan fingerprint density at radius 2 is 2.28 bits per heavy atom. The van der Waals surface area contributed by atoms with Crippen molar-refractivity contribution in [3.8, 4) is 0 Å². The lowest BCUT2D eigenvalue weighted by atomic mass is 10.3. The number of nitrogens with zero attached hydrogens (tertiary/aromatic N) is 2. The number of aromatic nitrogens is 2. The molecule has 0 bridgehead atoms. The van der Waals surface area contributed by atoms with E-state index < -0.39 is 0 Å². The largest absolute Gasteiger partial charge is 0.469 e. The standard InChI is InChI=1S/C9H14N4O3S2/c1-16-7(15)3-2-4-11-6(14)5-17-9-13-12-8(10)18-9/h2-5H2,1H3,(H2,10,12)(H,11,14). The van der Waals surface area contributed by atoms with Gasteiger partial charge in [-0.25, -0.2) is 0 Å². The number of thioether (sulfide) groups is 1. The zero-order chi connectivity index (χ0) is 13.4. The Labute approximate surface area is 112 Å². The first-order valence-corrected chi connectivity index (χ1v) is 6.97. The highest BCUT2D eigenvalue weighted by Crippen LogP contribution is 2.22. The van der Waals surface area contributed by atoms with Gasteiger partial charge in [0, 0.05) is 13.0 Å². The summed E-state index contributed by atoms with van der Waals surface area (Å²) in [6, 6.07) is 0. The van der Waals surface area contributed by atoms with Crippen LogP contribution in [-0.2, 0) is 14.3 Å². The Morgan fingerprint density at radius 3 is 2.89 bits per heavy atom. The highest BCUT2D eigenvalue weighted by atomic mass is 32.2. The lowest BCUT2D eigenvalue weighted by Gasteiger charge is -2.03. The van der Waals surface area contributed by atoms with E-state index in [4.69, 9.17) is 5.73 Å². The van der Waals surface area contributed by atoms with Crippen molar-refractivity contribution in [1.29, 1.82) is 0 Å². The van der Waals surface area contributed by atoms with Crippen LogP contribution in [0.5, 0.6) is 0 Å². The maximum absolute atomic E-state index is 11.4. The molecular formula is C9H14N4O3S2. The van der Waals surface area contributed by atoms with Gasteiger partial charge in [0.05, 0.1) is 12.9 Å². The molecule has 18 heavy (non-hydrogen) atoms. The molecule has 100 valence electrons. The molecule has 1 amide bonds. The molecule has 0 atom stereocenters. The van der Waals surface area contributed by atoms with E-state index in [2.05, 4.69) is 20.3 Å². The molecule has 3 N–H and O–H groups in total. The minimum atomic E-state index is -0.275. The highest BCUT2D eigenvalue weighted by Gasteiger charge is 2.06. The minimum absolute atomic E-state index is 0.112. The van der Waals surface area contributed by atoms with E-state index in [0.717, 1.165) is 0 Å². The van der Waals surface area contributed by atoms with E-state index in [9.17, 15) is 9.59 Å². The maximum atomic E-state index is 11.4. The van der Waals surface area contributed by atoms with Gasteiger partial charge in [-0.05, 0) is 6.42 Å². The van der Waals surface area contributed by atoms with Crippen molar-refractivity contribution in [2.24, 2.45) is 0 Å². The lowest BCUT2D eigenvalue weighted by molar-refractivity contribution is -0.140. The molecule has 0 aliphatic heterocycles. The molecule has 0 fully saturated rings. The predicted molar refractivity (Wildman–Crippen MR) is 69.3 cm³/mol. The number of methoxy groups -OCH3 is 1. The van der Waals surface area contributed by atoms with Crippen molar-refractivity contribution >= 4 is 40.1 Å². The fourth-order valence-corrected chi connectivity index (χ4v) is 2.49. The fourth-order valence-electron chi connectivity index (χ4n) is 1.02. The van der Waals surface area contributed by atoms with E-state index >= 15 is 0 Å². The quantitative estimate of drug-likeness (QED) is 0.422. The van der Waals surface area contributed by atoms with Crippen LogP contribution in [0.15, 0.2) is 4.34 Å². The summed E-state index contributed by atoms with van der Waals surface area (Å²) in [7, 11) is 1.34. The molecule has 1 aromatic rings. The third kappa shape index (κ3) is 5.82. The van der Waals surface area contributed by atoms with Gasteiger partial charge < -0.3 is 15.8 Å². The molecule has 1 heterocycles. The number of esters is 1. The smallest absolute Gasteiger partial charge is 0.305 e. The first-order valence-electron chi connectivity index (χ1n) is 5.17. The molecule has 0 aliphatic rings. The number of nitrogen functional groups attached to an aromatic ring is 1. The topological polar surface area (TPSA) is 107 Å². The number of carbonyl (C=O) groups excluding carboxylic acids is 2. The van der Waals surface area contributed by atoms with E-state index in [0.29, 0.717) is 28.9 Å². The molecule has 7 nitrogen and oxygen atoms in total. The van der Waals surface area contributed by atoms with Crippen LogP contribution in [0.1, 0.15) is 12.8 Å². The number of amides is 1. The predicted octanol–water partition coefficient (Wildman–Crippen LogP) is 0.282. The summed E-state index contributed by atoms with van der Waals surface area (Å²) in [4.78, 5) is 22.2. The Morgan fingerprint density at radius 1 is 1.50 bits per heavy atom. The van der Waals surface area contributed by atoms with Crippen molar-refractivity contribution < 1.29 is 14.3 Å². The first kappa shape index (κ1) is 14.7. The second kappa shape index (κ2) is 7.88. The summed E-state index contributed by atoms with van der Waals surface area (Å²) in [5.41, 5.74) is 5.41. The monoisotopic (exact) mass is 290 g/mol. The number of nitrogens with one attached hydrogen (secondary N) is 1. The van der Waals surface area contributed by atoms with Gasteiger partial charge in [-0.3, -0.25) is 9.59 Å². The second-order valence-corrected chi connectivity index (χ2v) is 5.46. The molecule has 0 saturated heterocycles. The molecule has 0 unspecified atom stereocenters. The second-order valence-electron chi connectivity index (χ2n) is 3.22. The van der Waals surface area contributed by atoms with E-state index in [1.54, 1.807) is 0 Å². The van der Waals surface area contributed by atoms with Crippen LogP contribution >= 0.6 is 23.1 Å². The molecule has 0 aromatic carbocycles. The van der Waals surface area contributed by atoms with Gasteiger partial charge in [-0.15, -0.1) is 10.2 Å². The summed E-state index contributed by atoms with van der Waals surface area (Å²) >= 11 is 2.52. The van der Waals surface area contributed by atoms with Crippen molar-refractivity contribution in [1.82, 2.24) is 15.5 Å². The van der Waals surface area contributed by atoms with Gasteiger partial charge in [-0.2, -0.15) is 0 Å². The lowest BCUT2D eigenvalue weighted by Crippen LogP contribution is -2.26. The van der Waals surface area contributed by atoms with Crippen molar-refractivity contribution in [2.45, 2.75) is 17.2 Å². The summed E-state index contributed by atoms with van der Waals surface area (Å²) < 4.78 is 5.15. The molecule has 0 spiro atoms. The summed E-state index contributed by atoms with van der Waals surface area (Å²) in [6.45, 7) is 0.451. The average molecular weight is 290 g/mol. The Bertz CT molecular complexity index is 410. The zero-order valence-corrected chi connectivity index (χ0v) is 11.5. The molecule has 9 heteroatoms. The van der Waals surface area contributed by atoms with Gasteiger partial charge in [0.1, 0.15) is 0 Å². The summed E-state index contributed by atoms with van der Waals surface area (Å²) in [5.74, 6) is -0.131. The van der Waals surface area contributed by atoms with Crippen LogP contribution in [0, 0.1) is 0 Å². The van der Waals surface area contributed by atoms with E-state index in [1.165, 1.54) is 30.2 Å². The van der Waals surface area contributed by atoms with Crippen LogP contribution in [0.3, 0.4) is 0 Å². The normalized spacial score (nSPS) is 10.1. The number of hydrogen-bond acceptors (Lipinski definition) is 8. The molecule has 0 aliphatic carbocycles. The number of rotatable bonds is 7. The first-order chi connectivity index (χ1) is 8.61. The van der Waals surface area contributed by atoms with Gasteiger partial charge in [0.25, 0.3) is 0 Å². The van der Waals surface area contributed by atoms with Crippen molar-refractivity contribution in [3.63, 3.8) is 0 Å². The number of anilines is 1. The van der Waals surface area contributed by atoms with Gasteiger partial charge >= 0.3 is 5.97 Å². The third-order valence-electron chi connectivity index (χ3n) is 1.86. The van der Waals surface area contributed by atoms with Gasteiger partial charge in [0.2, 0.25) is 11.0 Å². The summed E-state index contributed by atoms with van der Waals surface area (Å²) in [5, 5.41) is 10.5. The fraction of sp³-hybridized carbons (Fsp3) is 0.556. The Hall–Kier alpha value is -1.35. The van der Waals surface area contributed by atoms with Crippen molar-refractivity contribution in [3.05, 3.63) is 0 Å². The van der Waals surface area contributed by atoms with Crippen molar-refractivity contribution in [2.75, 3.05) is 25.1 Å². The SMILES string of the molecule is COC(=O)CCCNC(=O)CSc1nnc(N)s1. The molecule has 0 radical (unpaired) electrons. The van der Waals surface area contributed by atoms with E-state index in [1.807, 2.05) is 0 Å². The van der Waals surface area contributed by atoms with Gasteiger partial charge in [0.15, 0.2) is 4.34 Å². The Kier molecular flexibility index (Phi) is 6.44. The number of hydrogen-bond donors (Lipinski definition) is 2. The highest BCUT2D eigenvalue weighted by molar-refractivity contribution is 8.01. The molecular weight excluding hydrogens is 276 g/mol. The van der Waals surface area contributed by atoms with Gasteiger partial charge in [-0.1, -0.05) is 23.1 Å². The number of nitrogens with two attached hydrogens (primary N) is 1.